The molecule has 1 rings (SSSR count). The maximum Gasteiger partial charge on any atom is 0.323 e. The summed E-state index contributed by atoms with van der Waals surface area (Å²) in [6, 6.07) is -0.655. The number of nitrogens with zero attached hydrogens (tertiary/aromatic N) is 2. The third-order valence-corrected chi connectivity index (χ3v) is 4.72. The largest absolute Gasteiger partial charge is 0.480 e. The second-order valence-electron chi connectivity index (χ2n) is 4.89. The second kappa shape index (κ2) is 6.23. The minimum absolute atomic E-state index is 0.0578. The Morgan fingerprint density at radius 3 is 2.42 bits per heavy atom. The molecule has 1 N–H and O–H groups in total. The summed E-state index contributed by atoms with van der Waals surface area (Å²) in [5, 5.41) is 8.81. The highest BCUT2D eigenvalue weighted by Crippen LogP contribution is 2.10. The topological polar surface area (TPSA) is 95.0 Å². The van der Waals surface area contributed by atoms with Crippen molar-refractivity contribution in [2.24, 2.45) is 0 Å². The summed E-state index contributed by atoms with van der Waals surface area (Å²) in [5.74, 6) is -1.06. The molecule has 1 fully saturated rings. The first kappa shape index (κ1) is 15.7. The maximum atomic E-state index is 12.2. The molecule has 0 aliphatic carbocycles. The summed E-state index contributed by atoms with van der Waals surface area (Å²) in [7, 11) is -3.08. The van der Waals surface area contributed by atoms with Gasteiger partial charge in [-0.3, -0.25) is 4.79 Å². The van der Waals surface area contributed by atoms with E-state index in [0.29, 0.717) is 13.0 Å². The molecule has 1 aliphatic heterocycles. The fourth-order valence-electron chi connectivity index (χ4n) is 1.93. The first-order valence-corrected chi connectivity index (χ1v) is 8.03. The summed E-state index contributed by atoms with van der Waals surface area (Å²) in [5.41, 5.74) is 0. The molecule has 0 saturated carbocycles. The summed E-state index contributed by atoms with van der Waals surface area (Å²) in [6.07, 6.45) is 0.396. The molecule has 0 atom stereocenters. The molecule has 0 aromatic carbocycles. The van der Waals surface area contributed by atoms with Gasteiger partial charge >= 0.3 is 12.0 Å². The molecule has 110 valence electrons. The van der Waals surface area contributed by atoms with E-state index in [-0.39, 0.29) is 30.6 Å². The van der Waals surface area contributed by atoms with E-state index in [1.165, 1.54) is 9.80 Å². The van der Waals surface area contributed by atoms with Crippen LogP contribution in [0.3, 0.4) is 0 Å². The number of amides is 2. The molecule has 0 bridgehead atoms. The molecule has 7 nitrogen and oxygen atoms in total. The van der Waals surface area contributed by atoms with Gasteiger partial charge < -0.3 is 14.9 Å². The van der Waals surface area contributed by atoms with E-state index in [4.69, 9.17) is 5.11 Å². The SMILES string of the molecule is CC(C)N(CC(=O)O)C(=O)N1CCCS(=O)(=O)CC1. The van der Waals surface area contributed by atoms with Crippen LogP contribution in [-0.2, 0) is 14.6 Å². The number of hydrogen-bond acceptors (Lipinski definition) is 4. The van der Waals surface area contributed by atoms with Crippen molar-refractivity contribution >= 4 is 21.8 Å². The monoisotopic (exact) mass is 292 g/mol. The zero-order valence-corrected chi connectivity index (χ0v) is 12.0. The number of carboxylic acid groups (broad SMARTS) is 1. The van der Waals surface area contributed by atoms with Crippen LogP contribution in [0.4, 0.5) is 4.79 Å². The Morgan fingerprint density at radius 2 is 1.89 bits per heavy atom. The van der Waals surface area contributed by atoms with E-state index in [9.17, 15) is 18.0 Å². The number of sulfone groups is 1. The predicted octanol–water partition coefficient (Wildman–Crippen LogP) is 0.0219. The van der Waals surface area contributed by atoms with Gasteiger partial charge in [0.15, 0.2) is 9.84 Å². The molecular weight excluding hydrogens is 272 g/mol. The van der Waals surface area contributed by atoms with Crippen LogP contribution in [0.25, 0.3) is 0 Å². The van der Waals surface area contributed by atoms with Gasteiger partial charge in [0, 0.05) is 19.1 Å². The molecular formula is C11H20N2O5S. The highest BCUT2D eigenvalue weighted by Gasteiger charge is 2.28. The normalized spacial score (nSPS) is 19.0. The van der Waals surface area contributed by atoms with Gasteiger partial charge in [-0.05, 0) is 20.3 Å². The van der Waals surface area contributed by atoms with Gasteiger partial charge in [-0.15, -0.1) is 0 Å². The van der Waals surface area contributed by atoms with E-state index in [0.717, 1.165) is 0 Å². The second-order valence-corrected chi connectivity index (χ2v) is 7.19. The maximum absolute atomic E-state index is 12.2. The lowest BCUT2D eigenvalue weighted by atomic mass is 10.3. The van der Waals surface area contributed by atoms with Crippen LogP contribution in [0.15, 0.2) is 0 Å². The van der Waals surface area contributed by atoms with Gasteiger partial charge in [0.2, 0.25) is 0 Å². The Bertz CT molecular complexity index is 446. The van der Waals surface area contributed by atoms with Crippen molar-refractivity contribution in [1.82, 2.24) is 9.80 Å². The first-order valence-electron chi connectivity index (χ1n) is 6.20. The molecule has 0 spiro atoms. The number of carbonyl (C=O) groups is 2. The standard InChI is InChI=1S/C11H20N2O5S/c1-9(2)13(8-10(14)15)11(16)12-4-3-6-19(17,18)7-5-12/h9H,3-8H2,1-2H3,(H,14,15). The zero-order chi connectivity index (χ0) is 14.6. The Labute approximate surface area is 113 Å². The van der Waals surface area contributed by atoms with Crippen LogP contribution in [0.2, 0.25) is 0 Å². The Kier molecular flexibility index (Phi) is 5.16. The van der Waals surface area contributed by atoms with Crippen molar-refractivity contribution in [3.63, 3.8) is 0 Å². The van der Waals surface area contributed by atoms with E-state index >= 15 is 0 Å². The van der Waals surface area contributed by atoms with Crippen LogP contribution in [-0.4, -0.2) is 72.5 Å². The highest BCUT2D eigenvalue weighted by molar-refractivity contribution is 7.91. The van der Waals surface area contributed by atoms with Crippen molar-refractivity contribution in [3.05, 3.63) is 0 Å². The molecule has 1 aliphatic rings. The van der Waals surface area contributed by atoms with Crippen molar-refractivity contribution < 1.29 is 23.1 Å². The average Bonchev–Trinajstić information content (AvgIpc) is 2.45. The van der Waals surface area contributed by atoms with E-state index in [1.807, 2.05) is 0 Å². The molecule has 1 heterocycles. The molecule has 1 saturated heterocycles. The molecule has 0 aromatic heterocycles. The summed E-state index contributed by atoms with van der Waals surface area (Å²) >= 11 is 0. The first-order chi connectivity index (χ1) is 8.73. The van der Waals surface area contributed by atoms with Crippen molar-refractivity contribution in [2.75, 3.05) is 31.1 Å². The van der Waals surface area contributed by atoms with Crippen LogP contribution in [0, 0.1) is 0 Å². The number of rotatable bonds is 3. The van der Waals surface area contributed by atoms with Gasteiger partial charge in [0.1, 0.15) is 6.54 Å². The average molecular weight is 292 g/mol. The molecule has 8 heteroatoms. The summed E-state index contributed by atoms with van der Waals surface area (Å²) < 4.78 is 22.9. The van der Waals surface area contributed by atoms with Crippen LogP contribution >= 0.6 is 0 Å². The van der Waals surface area contributed by atoms with Crippen molar-refractivity contribution in [2.45, 2.75) is 26.3 Å². The smallest absolute Gasteiger partial charge is 0.323 e. The number of hydrogen-bond donors (Lipinski definition) is 1. The van der Waals surface area contributed by atoms with Crippen molar-refractivity contribution in [1.29, 1.82) is 0 Å². The van der Waals surface area contributed by atoms with Gasteiger partial charge in [0.05, 0.1) is 11.5 Å². The Balaban J connectivity index is 2.76. The number of aliphatic carboxylic acids is 1. The number of carbonyl (C=O) groups excluding carboxylic acids is 1. The van der Waals surface area contributed by atoms with Crippen LogP contribution in [0.1, 0.15) is 20.3 Å². The van der Waals surface area contributed by atoms with Gasteiger partial charge in [-0.1, -0.05) is 0 Å². The third kappa shape index (κ3) is 4.70. The third-order valence-electron chi connectivity index (χ3n) is 3.00. The number of urea groups is 1. The number of carboxylic acids is 1. The quantitative estimate of drug-likeness (QED) is 0.791. The summed E-state index contributed by atoms with van der Waals surface area (Å²) in [4.78, 5) is 25.7. The highest BCUT2D eigenvalue weighted by atomic mass is 32.2. The predicted molar refractivity (Wildman–Crippen MR) is 69.7 cm³/mol. The Morgan fingerprint density at radius 1 is 1.26 bits per heavy atom. The lowest BCUT2D eigenvalue weighted by Gasteiger charge is -2.31. The minimum Gasteiger partial charge on any atom is -0.480 e. The molecule has 0 unspecified atom stereocenters. The van der Waals surface area contributed by atoms with Gasteiger partial charge in [0.25, 0.3) is 0 Å². The molecule has 2 amide bonds. The van der Waals surface area contributed by atoms with Crippen molar-refractivity contribution in [3.8, 4) is 0 Å². The van der Waals surface area contributed by atoms with Gasteiger partial charge in [-0.25, -0.2) is 13.2 Å². The van der Waals surface area contributed by atoms with E-state index in [2.05, 4.69) is 0 Å². The zero-order valence-electron chi connectivity index (χ0n) is 11.2. The summed E-state index contributed by atoms with van der Waals surface area (Å²) in [6.45, 7) is 3.56. The molecule has 19 heavy (non-hydrogen) atoms. The van der Waals surface area contributed by atoms with Gasteiger partial charge in [-0.2, -0.15) is 0 Å². The van der Waals surface area contributed by atoms with Crippen LogP contribution < -0.4 is 0 Å². The molecule has 0 radical (unpaired) electrons. The van der Waals surface area contributed by atoms with E-state index in [1.54, 1.807) is 13.8 Å². The molecule has 0 aromatic rings. The van der Waals surface area contributed by atoms with E-state index < -0.39 is 21.8 Å². The Hall–Kier alpha value is -1.31. The minimum atomic E-state index is -3.08. The lowest BCUT2D eigenvalue weighted by molar-refractivity contribution is -0.138. The fourth-order valence-corrected chi connectivity index (χ4v) is 3.20. The lowest BCUT2D eigenvalue weighted by Crippen LogP contribution is -2.49. The fraction of sp³-hybridized carbons (Fsp3) is 0.818. The van der Waals surface area contributed by atoms with Crippen LogP contribution in [0.5, 0.6) is 0 Å².